The molecule has 0 unspecified atom stereocenters. The van der Waals surface area contributed by atoms with E-state index in [1.54, 1.807) is 0 Å². The molecule has 0 N–H and O–H groups in total. The van der Waals surface area contributed by atoms with Crippen LogP contribution in [-0.4, -0.2) is 19.2 Å². The zero-order chi connectivity index (χ0) is 10.7. The number of halogens is 1. The number of aldehydes is 1. The fourth-order valence-corrected chi connectivity index (χ4v) is 1.42. The van der Waals surface area contributed by atoms with Crippen molar-refractivity contribution >= 4 is 23.7 Å². The Morgan fingerprint density at radius 1 is 1.50 bits per heavy atom. The summed E-state index contributed by atoms with van der Waals surface area (Å²) in [5.41, 5.74) is 0.683. The number of carbonyl (C=O) groups is 2. The van der Waals surface area contributed by atoms with Gasteiger partial charge in [0, 0.05) is 5.56 Å². The first-order chi connectivity index (χ1) is 6.60. The van der Waals surface area contributed by atoms with Gasteiger partial charge in [-0.25, -0.2) is 0 Å². The molecule has 0 saturated carbocycles. The van der Waals surface area contributed by atoms with Crippen LogP contribution < -0.4 is 4.74 Å². The summed E-state index contributed by atoms with van der Waals surface area (Å²) in [7, 11) is 1.42. The summed E-state index contributed by atoms with van der Waals surface area (Å²) in [6, 6.07) is 2.94. The molecule has 0 aliphatic carbocycles. The SMILES string of the molecule is COc1c(Cl)cc(C(C)=O)cc1C=O. The van der Waals surface area contributed by atoms with Crippen LogP contribution in [0.3, 0.4) is 0 Å². The van der Waals surface area contributed by atoms with Gasteiger partial charge in [0.2, 0.25) is 0 Å². The molecule has 0 aromatic heterocycles. The van der Waals surface area contributed by atoms with Crippen LogP contribution in [0.5, 0.6) is 5.75 Å². The van der Waals surface area contributed by atoms with Gasteiger partial charge < -0.3 is 4.74 Å². The van der Waals surface area contributed by atoms with Crippen LogP contribution in [-0.2, 0) is 0 Å². The number of ether oxygens (including phenoxy) is 1. The Balaban J connectivity index is 3.38. The predicted molar refractivity (Wildman–Crippen MR) is 53.4 cm³/mol. The molecule has 0 heterocycles. The van der Waals surface area contributed by atoms with Gasteiger partial charge in [-0.05, 0) is 19.1 Å². The van der Waals surface area contributed by atoms with Crippen LogP contribution >= 0.6 is 11.6 Å². The molecule has 3 nitrogen and oxygen atoms in total. The van der Waals surface area contributed by atoms with Gasteiger partial charge in [-0.1, -0.05) is 11.6 Å². The van der Waals surface area contributed by atoms with Crippen LogP contribution in [0.2, 0.25) is 5.02 Å². The molecule has 0 amide bonds. The topological polar surface area (TPSA) is 43.4 Å². The summed E-state index contributed by atoms with van der Waals surface area (Å²) < 4.78 is 4.93. The normalized spacial score (nSPS) is 9.64. The fraction of sp³-hybridized carbons (Fsp3) is 0.200. The molecular weight excluding hydrogens is 204 g/mol. The van der Waals surface area contributed by atoms with E-state index in [9.17, 15) is 9.59 Å². The van der Waals surface area contributed by atoms with Crippen molar-refractivity contribution in [2.24, 2.45) is 0 Å². The van der Waals surface area contributed by atoms with Crippen molar-refractivity contribution in [3.8, 4) is 5.75 Å². The van der Waals surface area contributed by atoms with Gasteiger partial charge >= 0.3 is 0 Å². The van der Waals surface area contributed by atoms with E-state index in [2.05, 4.69) is 0 Å². The highest BCUT2D eigenvalue weighted by molar-refractivity contribution is 6.33. The molecule has 1 aromatic rings. The number of Topliss-reactive ketones (excluding diaryl/α,β-unsaturated/α-hetero) is 1. The molecule has 0 aliphatic heterocycles. The first-order valence-electron chi connectivity index (χ1n) is 3.93. The number of rotatable bonds is 3. The minimum Gasteiger partial charge on any atom is -0.494 e. The summed E-state index contributed by atoms with van der Waals surface area (Å²) in [6.07, 6.45) is 0.608. The standard InChI is InChI=1S/C10H9ClO3/c1-6(13)7-3-8(5-12)10(14-2)9(11)4-7/h3-5H,1-2H3. The van der Waals surface area contributed by atoms with Gasteiger partial charge in [0.05, 0.1) is 17.7 Å². The summed E-state index contributed by atoms with van der Waals surface area (Å²) in [6.45, 7) is 1.41. The summed E-state index contributed by atoms with van der Waals surface area (Å²) >= 11 is 5.82. The Hall–Kier alpha value is -1.35. The van der Waals surface area contributed by atoms with Crippen LogP contribution in [0, 0.1) is 0 Å². The Morgan fingerprint density at radius 2 is 2.14 bits per heavy atom. The number of methoxy groups -OCH3 is 1. The van der Waals surface area contributed by atoms with E-state index in [0.717, 1.165) is 0 Å². The summed E-state index contributed by atoms with van der Waals surface area (Å²) in [5, 5.41) is 0.266. The highest BCUT2D eigenvalue weighted by Crippen LogP contribution is 2.29. The molecule has 0 bridgehead atoms. The number of ketones is 1. The maximum atomic E-state index is 11.0. The fourth-order valence-electron chi connectivity index (χ4n) is 1.12. The third-order valence-electron chi connectivity index (χ3n) is 1.81. The molecule has 0 aliphatic rings. The zero-order valence-electron chi connectivity index (χ0n) is 7.83. The summed E-state index contributed by atoms with van der Waals surface area (Å²) in [4.78, 5) is 21.7. The van der Waals surface area contributed by atoms with Crippen molar-refractivity contribution in [2.75, 3.05) is 7.11 Å². The minimum absolute atomic E-state index is 0.141. The molecule has 0 atom stereocenters. The lowest BCUT2D eigenvalue weighted by Crippen LogP contribution is -1.98. The van der Waals surface area contributed by atoms with Crippen molar-refractivity contribution in [1.29, 1.82) is 0 Å². The molecule has 0 spiro atoms. The molecule has 0 saturated heterocycles. The van der Waals surface area contributed by atoms with E-state index in [1.165, 1.54) is 26.2 Å². The van der Waals surface area contributed by atoms with E-state index in [4.69, 9.17) is 16.3 Å². The van der Waals surface area contributed by atoms with Crippen LogP contribution in [0.15, 0.2) is 12.1 Å². The zero-order valence-corrected chi connectivity index (χ0v) is 8.59. The van der Waals surface area contributed by atoms with E-state index in [0.29, 0.717) is 17.6 Å². The maximum absolute atomic E-state index is 11.0. The van der Waals surface area contributed by atoms with Gasteiger partial charge in [-0.15, -0.1) is 0 Å². The average molecular weight is 213 g/mol. The third-order valence-corrected chi connectivity index (χ3v) is 2.09. The third kappa shape index (κ3) is 1.93. The van der Waals surface area contributed by atoms with Gasteiger partial charge in [0.1, 0.15) is 5.75 Å². The van der Waals surface area contributed by atoms with Gasteiger partial charge in [0.25, 0.3) is 0 Å². The smallest absolute Gasteiger partial charge is 0.159 e. The summed E-state index contributed by atoms with van der Waals surface area (Å²) in [5.74, 6) is 0.157. The Morgan fingerprint density at radius 3 is 2.57 bits per heavy atom. The molecule has 0 radical (unpaired) electrons. The lowest BCUT2D eigenvalue weighted by molar-refractivity contribution is 0.101. The lowest BCUT2D eigenvalue weighted by Gasteiger charge is -2.07. The maximum Gasteiger partial charge on any atom is 0.159 e. The second-order valence-electron chi connectivity index (χ2n) is 2.75. The van der Waals surface area contributed by atoms with Gasteiger partial charge in [-0.3, -0.25) is 9.59 Å². The van der Waals surface area contributed by atoms with Crippen LogP contribution in [0.1, 0.15) is 27.6 Å². The van der Waals surface area contributed by atoms with Gasteiger partial charge in [0.15, 0.2) is 12.1 Å². The number of hydrogen-bond acceptors (Lipinski definition) is 3. The number of benzene rings is 1. The predicted octanol–water partition coefficient (Wildman–Crippen LogP) is 2.36. The molecule has 1 aromatic carbocycles. The van der Waals surface area contributed by atoms with Crippen LogP contribution in [0.25, 0.3) is 0 Å². The molecule has 14 heavy (non-hydrogen) atoms. The molecule has 4 heteroatoms. The van der Waals surface area contributed by atoms with E-state index < -0.39 is 0 Å². The largest absolute Gasteiger partial charge is 0.494 e. The highest BCUT2D eigenvalue weighted by Gasteiger charge is 2.11. The van der Waals surface area contributed by atoms with Crippen molar-refractivity contribution in [2.45, 2.75) is 6.92 Å². The van der Waals surface area contributed by atoms with Crippen LogP contribution in [0.4, 0.5) is 0 Å². The van der Waals surface area contributed by atoms with Crippen molar-refractivity contribution < 1.29 is 14.3 Å². The van der Waals surface area contributed by atoms with Crippen molar-refractivity contribution in [1.82, 2.24) is 0 Å². The average Bonchev–Trinajstić information content (AvgIpc) is 2.16. The monoisotopic (exact) mass is 212 g/mol. The Labute approximate surface area is 86.6 Å². The quantitative estimate of drug-likeness (QED) is 0.571. The Kier molecular flexibility index (Phi) is 3.25. The first kappa shape index (κ1) is 10.7. The van der Waals surface area contributed by atoms with Gasteiger partial charge in [-0.2, -0.15) is 0 Å². The van der Waals surface area contributed by atoms with E-state index in [-0.39, 0.29) is 16.4 Å². The number of carbonyl (C=O) groups excluding carboxylic acids is 2. The number of hydrogen-bond donors (Lipinski definition) is 0. The molecular formula is C10H9ClO3. The van der Waals surface area contributed by atoms with Crippen molar-refractivity contribution in [3.63, 3.8) is 0 Å². The highest BCUT2D eigenvalue weighted by atomic mass is 35.5. The minimum atomic E-state index is -0.141. The van der Waals surface area contributed by atoms with E-state index >= 15 is 0 Å². The first-order valence-corrected chi connectivity index (χ1v) is 4.31. The second kappa shape index (κ2) is 4.24. The lowest BCUT2D eigenvalue weighted by atomic mass is 10.1. The second-order valence-corrected chi connectivity index (χ2v) is 3.16. The molecule has 74 valence electrons. The molecule has 0 fully saturated rings. The Bertz CT molecular complexity index is 385. The van der Waals surface area contributed by atoms with E-state index in [1.807, 2.05) is 0 Å². The van der Waals surface area contributed by atoms with Crippen molar-refractivity contribution in [3.05, 3.63) is 28.3 Å². The molecule has 1 rings (SSSR count).